The van der Waals surface area contributed by atoms with E-state index in [1.54, 1.807) is 12.1 Å². The second kappa shape index (κ2) is 9.90. The number of aliphatic carboxylic acids is 1. The van der Waals surface area contributed by atoms with Crippen molar-refractivity contribution in [3.63, 3.8) is 0 Å². The Hall–Kier alpha value is -0.100. The number of phenols is 1. The van der Waals surface area contributed by atoms with Crippen LogP contribution in [0.15, 0.2) is 24.3 Å². The van der Waals surface area contributed by atoms with Crippen molar-refractivity contribution < 1.29 is 24.5 Å². The molecule has 0 aliphatic carbocycles. The van der Waals surface area contributed by atoms with Gasteiger partial charge in [-0.1, -0.05) is 0 Å². The zero-order valence-electron chi connectivity index (χ0n) is 12.8. The average Bonchev–Trinajstić information content (AvgIpc) is 2.54. The summed E-state index contributed by atoms with van der Waals surface area (Å²) in [7, 11) is 0. The van der Waals surface area contributed by atoms with Crippen LogP contribution < -0.4 is 10.1 Å². The van der Waals surface area contributed by atoms with Crippen LogP contribution in [0.4, 0.5) is 0 Å². The quantitative estimate of drug-likeness (QED) is 0.286. The van der Waals surface area contributed by atoms with E-state index in [1.165, 1.54) is 0 Å². The van der Waals surface area contributed by atoms with Crippen LogP contribution in [0.5, 0.6) is 17.2 Å². The Morgan fingerprint density at radius 3 is 1.92 bits per heavy atom. The number of aromatic hydroxyl groups is 1. The van der Waals surface area contributed by atoms with Crippen molar-refractivity contribution in [3.8, 4) is 17.2 Å². The number of ether oxygens (including phenoxy) is 1. The number of benzene rings is 2. The molecule has 2 aromatic rings. The number of carboxylic acids is 1. The Kier molecular flexibility index (Phi) is 8.45. The van der Waals surface area contributed by atoms with Crippen molar-refractivity contribution in [1.82, 2.24) is 5.32 Å². The van der Waals surface area contributed by atoms with E-state index in [1.807, 2.05) is 57.3 Å². The number of amides is 1. The standard InChI is InChI=1S/C16H11I4NO5/c17-10-1-7(26-8-3-12(19)15(23)13(20)4-8)2-11(18)9(10)5-14(16(24)25)21-6-22/h1-4,6,14,23H,5H2,(H,21,22)(H,24,25). The van der Waals surface area contributed by atoms with E-state index in [0.717, 1.165) is 12.7 Å². The number of halogens is 4. The first-order chi connectivity index (χ1) is 12.2. The highest BCUT2D eigenvalue weighted by Crippen LogP contribution is 2.34. The SMILES string of the molecule is O=CNC(Cc1c(I)cc(Oc2cc(I)c(O)c(I)c2)cc1I)C(=O)O. The fourth-order valence-corrected chi connectivity index (χ4v) is 5.94. The molecule has 0 saturated heterocycles. The summed E-state index contributed by atoms with van der Waals surface area (Å²) in [6, 6.07) is 6.11. The minimum Gasteiger partial charge on any atom is -0.506 e. The molecule has 0 aliphatic heterocycles. The van der Waals surface area contributed by atoms with Crippen LogP contribution in [-0.4, -0.2) is 28.6 Å². The first-order valence-electron chi connectivity index (χ1n) is 6.99. The Morgan fingerprint density at radius 2 is 1.50 bits per heavy atom. The van der Waals surface area contributed by atoms with Crippen LogP contribution in [-0.2, 0) is 16.0 Å². The van der Waals surface area contributed by atoms with Gasteiger partial charge in [-0.3, -0.25) is 4.79 Å². The molecule has 0 spiro atoms. The van der Waals surface area contributed by atoms with Crippen molar-refractivity contribution in [1.29, 1.82) is 0 Å². The van der Waals surface area contributed by atoms with Crippen LogP contribution >= 0.6 is 90.4 Å². The summed E-state index contributed by atoms with van der Waals surface area (Å²) in [5.41, 5.74) is 0.829. The molecule has 2 rings (SSSR count). The summed E-state index contributed by atoms with van der Waals surface area (Å²) < 4.78 is 8.95. The average molecular weight is 805 g/mol. The largest absolute Gasteiger partial charge is 0.506 e. The lowest BCUT2D eigenvalue weighted by Gasteiger charge is -2.16. The monoisotopic (exact) mass is 805 g/mol. The van der Waals surface area contributed by atoms with Gasteiger partial charge in [-0.25, -0.2) is 4.79 Å². The van der Waals surface area contributed by atoms with E-state index >= 15 is 0 Å². The summed E-state index contributed by atoms with van der Waals surface area (Å²) in [6.07, 6.45) is 0.573. The van der Waals surface area contributed by atoms with Gasteiger partial charge >= 0.3 is 5.97 Å². The molecular formula is C16H11I4NO5. The van der Waals surface area contributed by atoms with Crippen molar-refractivity contribution in [2.24, 2.45) is 0 Å². The molecule has 0 saturated carbocycles. The Morgan fingerprint density at radius 1 is 1.04 bits per heavy atom. The molecule has 0 radical (unpaired) electrons. The summed E-state index contributed by atoms with van der Waals surface area (Å²) in [5.74, 6) is 0.342. The molecule has 138 valence electrons. The maximum atomic E-state index is 11.2. The van der Waals surface area contributed by atoms with E-state index in [-0.39, 0.29) is 12.2 Å². The van der Waals surface area contributed by atoms with E-state index in [4.69, 9.17) is 4.74 Å². The third-order valence-electron chi connectivity index (χ3n) is 3.32. The summed E-state index contributed by atoms with van der Waals surface area (Å²) >= 11 is 8.31. The molecular weight excluding hydrogens is 794 g/mol. The number of carboxylic acid groups (broad SMARTS) is 1. The maximum absolute atomic E-state index is 11.2. The van der Waals surface area contributed by atoms with E-state index < -0.39 is 12.0 Å². The number of hydrogen-bond donors (Lipinski definition) is 3. The molecule has 2 aromatic carbocycles. The van der Waals surface area contributed by atoms with Crippen LogP contribution in [0.25, 0.3) is 0 Å². The van der Waals surface area contributed by atoms with Gasteiger partial charge in [0.2, 0.25) is 6.41 Å². The fourth-order valence-electron chi connectivity index (χ4n) is 2.07. The number of phenolic OH excluding ortho intramolecular Hbond substituents is 1. The minimum atomic E-state index is -1.09. The molecule has 1 atom stereocenters. The topological polar surface area (TPSA) is 95.9 Å². The van der Waals surface area contributed by atoms with Gasteiger partial charge in [0.15, 0.2) is 0 Å². The third-order valence-corrected chi connectivity index (χ3v) is 6.89. The predicted molar refractivity (Wildman–Crippen MR) is 130 cm³/mol. The normalized spacial score (nSPS) is 11.7. The molecule has 6 nitrogen and oxygen atoms in total. The zero-order chi connectivity index (χ0) is 19.4. The van der Waals surface area contributed by atoms with Crippen LogP contribution in [0.3, 0.4) is 0 Å². The summed E-state index contributed by atoms with van der Waals surface area (Å²) in [4.78, 5) is 21.8. The van der Waals surface area contributed by atoms with Crippen molar-refractivity contribution in [3.05, 3.63) is 44.1 Å². The number of hydrogen-bond acceptors (Lipinski definition) is 4. The van der Waals surface area contributed by atoms with Gasteiger partial charge in [0.05, 0.1) is 7.14 Å². The highest BCUT2D eigenvalue weighted by atomic mass is 127. The van der Waals surface area contributed by atoms with E-state index in [0.29, 0.717) is 25.0 Å². The predicted octanol–water partition coefficient (Wildman–Crippen LogP) is 4.34. The molecule has 0 aliphatic rings. The summed E-state index contributed by atoms with van der Waals surface area (Å²) in [6.45, 7) is 0. The molecule has 3 N–H and O–H groups in total. The molecule has 0 aromatic heterocycles. The fraction of sp³-hybridized carbons (Fsp3) is 0.125. The number of rotatable bonds is 7. The van der Waals surface area contributed by atoms with Crippen molar-refractivity contribution in [2.45, 2.75) is 12.5 Å². The second-order valence-corrected chi connectivity index (χ2v) is 9.73. The molecule has 0 bridgehead atoms. The second-order valence-electron chi connectivity index (χ2n) is 5.08. The maximum Gasteiger partial charge on any atom is 0.326 e. The molecule has 1 unspecified atom stereocenters. The first kappa shape index (κ1) is 22.2. The van der Waals surface area contributed by atoms with Gasteiger partial charge < -0.3 is 20.3 Å². The van der Waals surface area contributed by atoms with Gasteiger partial charge in [-0.15, -0.1) is 0 Å². The first-order valence-corrected chi connectivity index (χ1v) is 11.3. The lowest BCUT2D eigenvalue weighted by atomic mass is 10.1. The van der Waals surface area contributed by atoms with Gasteiger partial charge in [-0.05, 0) is 120 Å². The lowest BCUT2D eigenvalue weighted by molar-refractivity contribution is -0.140. The summed E-state index contributed by atoms with van der Waals surface area (Å²) in [5, 5.41) is 21.4. The third kappa shape index (κ3) is 5.70. The molecule has 0 fully saturated rings. The minimum absolute atomic E-state index is 0.180. The highest BCUT2D eigenvalue weighted by molar-refractivity contribution is 14.1. The molecule has 0 heterocycles. The highest BCUT2D eigenvalue weighted by Gasteiger charge is 2.20. The molecule has 10 heteroatoms. The van der Waals surface area contributed by atoms with Gasteiger partial charge in [0.25, 0.3) is 0 Å². The zero-order valence-corrected chi connectivity index (χ0v) is 21.4. The van der Waals surface area contributed by atoms with Crippen LogP contribution in [0, 0.1) is 14.3 Å². The number of nitrogens with one attached hydrogen (secondary N) is 1. The lowest BCUT2D eigenvalue weighted by Crippen LogP contribution is -2.38. The Bertz CT molecular complexity index is 813. The molecule has 26 heavy (non-hydrogen) atoms. The van der Waals surface area contributed by atoms with Gasteiger partial charge in [0, 0.05) is 13.6 Å². The van der Waals surface area contributed by atoms with Gasteiger partial charge in [0.1, 0.15) is 23.3 Å². The van der Waals surface area contributed by atoms with Crippen LogP contribution in [0.1, 0.15) is 5.56 Å². The van der Waals surface area contributed by atoms with E-state index in [9.17, 15) is 19.8 Å². The smallest absolute Gasteiger partial charge is 0.326 e. The Balaban J connectivity index is 2.29. The molecule has 1 amide bonds. The van der Waals surface area contributed by atoms with Crippen molar-refractivity contribution >= 4 is 103 Å². The van der Waals surface area contributed by atoms with E-state index in [2.05, 4.69) is 50.5 Å². The van der Waals surface area contributed by atoms with Crippen LogP contribution in [0.2, 0.25) is 0 Å². The Labute approximate surface area is 204 Å². The number of carbonyl (C=O) groups excluding carboxylic acids is 1. The van der Waals surface area contributed by atoms with Crippen molar-refractivity contribution in [2.75, 3.05) is 0 Å². The number of carbonyl (C=O) groups is 2. The van der Waals surface area contributed by atoms with Gasteiger partial charge in [-0.2, -0.15) is 0 Å².